The fourth-order valence-corrected chi connectivity index (χ4v) is 3.38. The van der Waals surface area contributed by atoms with Crippen molar-refractivity contribution in [3.63, 3.8) is 0 Å². The molecule has 1 fully saturated rings. The number of hydrogen-bond donors (Lipinski definition) is 2. The normalized spacial score (nSPS) is 25.6. The molecule has 3 rings (SSSR count). The van der Waals surface area contributed by atoms with Crippen molar-refractivity contribution in [2.75, 3.05) is 13.1 Å². The van der Waals surface area contributed by atoms with Crippen LogP contribution in [0.25, 0.3) is 0 Å². The van der Waals surface area contributed by atoms with Crippen LogP contribution in [-0.2, 0) is 6.42 Å². The quantitative estimate of drug-likeness (QED) is 0.859. The van der Waals surface area contributed by atoms with Gasteiger partial charge in [0, 0.05) is 25.0 Å². The summed E-state index contributed by atoms with van der Waals surface area (Å²) < 4.78 is 0. The van der Waals surface area contributed by atoms with Gasteiger partial charge in [0.1, 0.15) is 0 Å². The summed E-state index contributed by atoms with van der Waals surface area (Å²) in [6, 6.07) is 4.33. The van der Waals surface area contributed by atoms with Crippen molar-refractivity contribution >= 4 is 17.5 Å². The highest BCUT2D eigenvalue weighted by Gasteiger charge is 2.37. The topological polar surface area (TPSA) is 41.1 Å². The smallest absolute Gasteiger partial charge is 0.253 e. The van der Waals surface area contributed by atoms with Gasteiger partial charge in [0.2, 0.25) is 0 Å². The lowest BCUT2D eigenvalue weighted by molar-refractivity contribution is 0.0924. The molecule has 0 bridgehead atoms. The number of carbonyl (C=O) groups excluding carboxylic acids is 1. The fraction of sp³-hybridized carbons (Fsp3) is 0.500. The predicted molar refractivity (Wildman–Crippen MR) is 72.3 cm³/mol. The summed E-state index contributed by atoms with van der Waals surface area (Å²) in [7, 11) is 0. The number of hydrogen-bond acceptors (Lipinski definition) is 2. The lowest BCUT2D eigenvalue weighted by Gasteiger charge is -2.29. The first-order chi connectivity index (χ1) is 8.70. The summed E-state index contributed by atoms with van der Waals surface area (Å²) in [5.41, 5.74) is 3.05. The van der Waals surface area contributed by atoms with Crippen LogP contribution in [0.5, 0.6) is 0 Å². The van der Waals surface area contributed by atoms with E-state index in [1.807, 2.05) is 6.07 Å². The van der Waals surface area contributed by atoms with Crippen molar-refractivity contribution < 1.29 is 4.79 Å². The van der Waals surface area contributed by atoms with Gasteiger partial charge in [-0.1, -0.05) is 31.0 Å². The van der Waals surface area contributed by atoms with Gasteiger partial charge in [-0.25, -0.2) is 0 Å². The molecule has 0 aromatic heterocycles. The molecular formula is C14H17ClN2O. The zero-order chi connectivity index (χ0) is 12.7. The van der Waals surface area contributed by atoms with Gasteiger partial charge in [0.25, 0.3) is 5.91 Å². The molecule has 2 heterocycles. The van der Waals surface area contributed by atoms with Crippen LogP contribution < -0.4 is 10.6 Å². The van der Waals surface area contributed by atoms with E-state index >= 15 is 0 Å². The molecule has 2 N–H and O–H groups in total. The van der Waals surface area contributed by atoms with E-state index in [1.165, 1.54) is 5.56 Å². The SMILES string of the molecule is CCCc1cc(Cl)c2c(c1)[C@@H]1CNC[C@H]1NC2=O. The molecule has 1 saturated heterocycles. The molecule has 1 amide bonds. The van der Waals surface area contributed by atoms with Crippen LogP contribution in [0, 0.1) is 0 Å². The second-order valence-electron chi connectivity index (χ2n) is 5.14. The van der Waals surface area contributed by atoms with Gasteiger partial charge in [0.05, 0.1) is 10.6 Å². The molecule has 0 spiro atoms. The van der Waals surface area contributed by atoms with E-state index in [1.54, 1.807) is 0 Å². The first-order valence-corrected chi connectivity index (χ1v) is 6.92. The Morgan fingerprint density at radius 3 is 3.00 bits per heavy atom. The van der Waals surface area contributed by atoms with E-state index in [2.05, 4.69) is 23.6 Å². The van der Waals surface area contributed by atoms with E-state index in [4.69, 9.17) is 11.6 Å². The Bertz CT molecular complexity index is 501. The van der Waals surface area contributed by atoms with Crippen LogP contribution >= 0.6 is 11.6 Å². The Morgan fingerprint density at radius 1 is 1.39 bits per heavy atom. The van der Waals surface area contributed by atoms with Crippen molar-refractivity contribution in [3.05, 3.63) is 33.8 Å². The standard InChI is InChI=1S/C14H17ClN2O/c1-2-3-8-4-9-10-6-16-7-12(10)17-14(18)13(9)11(15)5-8/h4-5,10,12,16H,2-3,6-7H2,1H3,(H,17,18)/t10-,12+/m0/s1. The largest absolute Gasteiger partial charge is 0.347 e. The lowest BCUT2D eigenvalue weighted by atomic mass is 9.85. The average Bonchev–Trinajstić information content (AvgIpc) is 2.77. The highest BCUT2D eigenvalue weighted by atomic mass is 35.5. The van der Waals surface area contributed by atoms with Gasteiger partial charge in [-0.2, -0.15) is 0 Å². The van der Waals surface area contributed by atoms with Gasteiger partial charge in [-0.15, -0.1) is 0 Å². The van der Waals surface area contributed by atoms with Gasteiger partial charge >= 0.3 is 0 Å². The molecule has 4 heteroatoms. The van der Waals surface area contributed by atoms with Crippen LogP contribution in [0.1, 0.15) is 40.7 Å². The summed E-state index contributed by atoms with van der Waals surface area (Å²) in [5, 5.41) is 6.98. The summed E-state index contributed by atoms with van der Waals surface area (Å²) >= 11 is 6.29. The molecule has 2 aliphatic heterocycles. The zero-order valence-corrected chi connectivity index (χ0v) is 11.2. The van der Waals surface area contributed by atoms with Crippen molar-refractivity contribution in [3.8, 4) is 0 Å². The number of nitrogens with one attached hydrogen (secondary N) is 2. The first-order valence-electron chi connectivity index (χ1n) is 6.54. The maximum absolute atomic E-state index is 12.1. The summed E-state index contributed by atoms with van der Waals surface area (Å²) in [4.78, 5) is 12.1. The Hall–Kier alpha value is -1.06. The highest BCUT2D eigenvalue weighted by molar-refractivity contribution is 6.34. The van der Waals surface area contributed by atoms with Crippen LogP contribution in [0.15, 0.2) is 12.1 Å². The minimum atomic E-state index is -0.0250. The third-order valence-electron chi connectivity index (χ3n) is 3.88. The second kappa shape index (κ2) is 4.56. The van der Waals surface area contributed by atoms with Crippen molar-refractivity contribution in [1.29, 1.82) is 0 Å². The van der Waals surface area contributed by atoms with Crippen LogP contribution in [0.4, 0.5) is 0 Å². The molecule has 0 saturated carbocycles. The highest BCUT2D eigenvalue weighted by Crippen LogP contribution is 2.35. The minimum Gasteiger partial charge on any atom is -0.347 e. The molecule has 0 aliphatic carbocycles. The number of halogens is 1. The first kappa shape index (κ1) is 12.0. The van der Waals surface area contributed by atoms with Gasteiger partial charge in [-0.3, -0.25) is 4.79 Å². The summed E-state index contributed by atoms with van der Waals surface area (Å²) in [5.74, 6) is 0.343. The Kier molecular flexibility index (Phi) is 3.04. The molecule has 2 aliphatic rings. The molecule has 0 unspecified atom stereocenters. The third kappa shape index (κ3) is 1.82. The summed E-state index contributed by atoms with van der Waals surface area (Å²) in [6.07, 6.45) is 2.10. The molecule has 18 heavy (non-hydrogen) atoms. The molecule has 0 radical (unpaired) electrons. The van der Waals surface area contributed by atoms with E-state index < -0.39 is 0 Å². The van der Waals surface area contributed by atoms with Gasteiger partial charge in [0.15, 0.2) is 0 Å². The average molecular weight is 265 g/mol. The monoisotopic (exact) mass is 264 g/mol. The number of amides is 1. The van der Waals surface area contributed by atoms with E-state index in [9.17, 15) is 4.79 Å². The van der Waals surface area contributed by atoms with Crippen molar-refractivity contribution in [2.24, 2.45) is 0 Å². The van der Waals surface area contributed by atoms with Gasteiger partial charge in [-0.05, 0) is 23.6 Å². The van der Waals surface area contributed by atoms with E-state index in [0.717, 1.165) is 31.5 Å². The number of rotatable bonds is 2. The maximum Gasteiger partial charge on any atom is 0.253 e. The van der Waals surface area contributed by atoms with Crippen LogP contribution in [0.2, 0.25) is 5.02 Å². The molecular weight excluding hydrogens is 248 g/mol. The molecule has 3 nitrogen and oxygen atoms in total. The van der Waals surface area contributed by atoms with Crippen LogP contribution in [-0.4, -0.2) is 25.0 Å². The molecule has 1 aromatic rings. The minimum absolute atomic E-state index is 0.0250. The predicted octanol–water partition coefficient (Wildman–Crippen LogP) is 2.09. The number of carbonyl (C=O) groups is 1. The Labute approximate surface area is 112 Å². The molecule has 2 atom stereocenters. The number of aryl methyl sites for hydroxylation is 1. The molecule has 96 valence electrons. The van der Waals surface area contributed by atoms with Crippen molar-refractivity contribution in [1.82, 2.24) is 10.6 Å². The van der Waals surface area contributed by atoms with Crippen LogP contribution in [0.3, 0.4) is 0 Å². The molecule has 1 aromatic carbocycles. The Balaban J connectivity index is 2.11. The lowest BCUT2D eigenvalue weighted by Crippen LogP contribution is -2.44. The zero-order valence-electron chi connectivity index (χ0n) is 10.4. The fourth-order valence-electron chi connectivity index (χ4n) is 3.05. The van der Waals surface area contributed by atoms with E-state index in [-0.39, 0.29) is 11.9 Å². The maximum atomic E-state index is 12.1. The third-order valence-corrected chi connectivity index (χ3v) is 4.17. The van der Waals surface area contributed by atoms with Crippen molar-refractivity contribution in [2.45, 2.75) is 31.7 Å². The summed E-state index contributed by atoms with van der Waals surface area (Å²) in [6.45, 7) is 3.93. The number of fused-ring (bicyclic) bond motifs is 3. The number of benzene rings is 1. The Morgan fingerprint density at radius 2 is 2.22 bits per heavy atom. The van der Waals surface area contributed by atoms with E-state index in [0.29, 0.717) is 16.5 Å². The second-order valence-corrected chi connectivity index (χ2v) is 5.54. The van der Waals surface area contributed by atoms with Gasteiger partial charge < -0.3 is 10.6 Å².